The Bertz CT molecular complexity index is 985. The molecule has 0 unspecified atom stereocenters. The van der Waals surface area contributed by atoms with Gasteiger partial charge in [0.2, 0.25) is 0 Å². The van der Waals surface area contributed by atoms with Crippen molar-refractivity contribution >= 4 is 11.6 Å². The minimum absolute atomic E-state index is 0.0989. The second-order valence-corrected chi connectivity index (χ2v) is 6.38. The van der Waals surface area contributed by atoms with Gasteiger partial charge in [0.15, 0.2) is 11.4 Å². The highest BCUT2D eigenvalue weighted by Crippen LogP contribution is 2.44. The number of alkyl halides is 3. The molecular formula is C19H16ClF3N2O3. The number of aromatic nitrogens is 2. The highest BCUT2D eigenvalue weighted by molar-refractivity contribution is 6.30. The molecule has 0 aliphatic carbocycles. The molecule has 3 rings (SSSR count). The predicted molar refractivity (Wildman–Crippen MR) is 97.6 cm³/mol. The second-order valence-electron chi connectivity index (χ2n) is 5.95. The number of benzene rings is 2. The molecule has 9 heteroatoms. The molecule has 1 aromatic heterocycles. The first-order valence-electron chi connectivity index (χ1n) is 8.09. The minimum Gasteiger partial charge on any atom is -0.507 e. The first kappa shape index (κ1) is 19.9. The fourth-order valence-electron chi connectivity index (χ4n) is 2.74. The summed E-state index contributed by atoms with van der Waals surface area (Å²) in [7, 11) is 2.28. The molecular weight excluding hydrogens is 397 g/mol. The number of rotatable bonds is 5. The fraction of sp³-hybridized carbons (Fsp3) is 0.211. The summed E-state index contributed by atoms with van der Waals surface area (Å²) in [5, 5.41) is 14.8. The monoisotopic (exact) mass is 412 g/mol. The summed E-state index contributed by atoms with van der Waals surface area (Å²) in [5.41, 5.74) is -0.178. The van der Waals surface area contributed by atoms with Gasteiger partial charge in [0, 0.05) is 23.7 Å². The van der Waals surface area contributed by atoms with E-state index in [0.29, 0.717) is 15.5 Å². The van der Waals surface area contributed by atoms with Crippen LogP contribution in [0.2, 0.25) is 5.02 Å². The van der Waals surface area contributed by atoms with Crippen LogP contribution in [-0.4, -0.2) is 22.0 Å². The van der Waals surface area contributed by atoms with Gasteiger partial charge >= 0.3 is 6.18 Å². The summed E-state index contributed by atoms with van der Waals surface area (Å²) in [6.07, 6.45) is -4.65. The molecule has 0 bridgehead atoms. The van der Waals surface area contributed by atoms with Crippen molar-refractivity contribution in [3.63, 3.8) is 0 Å². The van der Waals surface area contributed by atoms with Gasteiger partial charge in [0.05, 0.1) is 7.11 Å². The Morgan fingerprint density at radius 1 is 1.14 bits per heavy atom. The standard InChI is InChI=1S/C19H16ClF3N2O3/c1-25-18(19(21,22)23)17(27-2)16(24-25)14-8-7-13(9-15(14)26)28-10-11-3-5-12(20)6-4-11/h3-9,26H,10H2,1-2H3. The number of aromatic hydroxyl groups is 1. The Labute approximate surface area is 163 Å². The lowest BCUT2D eigenvalue weighted by Crippen LogP contribution is -2.12. The van der Waals surface area contributed by atoms with Gasteiger partial charge in [-0.2, -0.15) is 18.3 Å². The maximum atomic E-state index is 13.2. The summed E-state index contributed by atoms with van der Waals surface area (Å²) in [6.45, 7) is 0.237. The van der Waals surface area contributed by atoms with Crippen molar-refractivity contribution in [3.05, 3.63) is 58.7 Å². The molecule has 2 aromatic carbocycles. The average molecular weight is 413 g/mol. The number of aryl methyl sites for hydroxylation is 1. The van der Waals surface area contributed by atoms with Crippen LogP contribution in [0.1, 0.15) is 11.3 Å². The van der Waals surface area contributed by atoms with Crippen molar-refractivity contribution in [2.45, 2.75) is 12.8 Å². The lowest BCUT2D eigenvalue weighted by Gasteiger charge is -2.10. The van der Waals surface area contributed by atoms with Gasteiger partial charge in [-0.15, -0.1) is 0 Å². The molecule has 0 saturated heterocycles. The second kappa shape index (κ2) is 7.63. The van der Waals surface area contributed by atoms with Gasteiger partial charge in [0.1, 0.15) is 23.8 Å². The maximum absolute atomic E-state index is 13.2. The fourth-order valence-corrected chi connectivity index (χ4v) is 2.86. The van der Waals surface area contributed by atoms with E-state index in [0.717, 1.165) is 19.7 Å². The number of methoxy groups -OCH3 is 1. The molecule has 28 heavy (non-hydrogen) atoms. The molecule has 1 heterocycles. The number of hydrogen-bond acceptors (Lipinski definition) is 4. The van der Waals surface area contributed by atoms with Crippen molar-refractivity contribution in [1.29, 1.82) is 0 Å². The summed E-state index contributed by atoms with van der Waals surface area (Å²) < 4.78 is 50.9. The number of ether oxygens (including phenoxy) is 2. The Morgan fingerprint density at radius 3 is 2.39 bits per heavy atom. The predicted octanol–water partition coefficient (Wildman–Crippen LogP) is 5.05. The highest BCUT2D eigenvalue weighted by atomic mass is 35.5. The van der Waals surface area contributed by atoms with E-state index in [-0.39, 0.29) is 23.6 Å². The topological polar surface area (TPSA) is 56.5 Å². The summed E-state index contributed by atoms with van der Waals surface area (Å²) in [4.78, 5) is 0. The van der Waals surface area contributed by atoms with Crippen LogP contribution in [0.3, 0.4) is 0 Å². The first-order chi connectivity index (χ1) is 13.2. The molecule has 0 atom stereocenters. The van der Waals surface area contributed by atoms with Crippen molar-refractivity contribution in [2.24, 2.45) is 7.05 Å². The zero-order chi connectivity index (χ0) is 20.5. The van der Waals surface area contributed by atoms with E-state index in [1.165, 1.54) is 18.2 Å². The van der Waals surface area contributed by atoms with Gasteiger partial charge in [-0.1, -0.05) is 23.7 Å². The molecule has 0 saturated carbocycles. The molecule has 0 amide bonds. The average Bonchev–Trinajstić information content (AvgIpc) is 2.97. The van der Waals surface area contributed by atoms with Crippen LogP contribution in [0.25, 0.3) is 11.3 Å². The van der Waals surface area contributed by atoms with Crippen molar-refractivity contribution in [3.8, 4) is 28.5 Å². The van der Waals surface area contributed by atoms with Crippen LogP contribution in [-0.2, 0) is 19.8 Å². The van der Waals surface area contributed by atoms with Crippen LogP contribution >= 0.6 is 11.6 Å². The lowest BCUT2D eigenvalue weighted by molar-refractivity contribution is -0.144. The van der Waals surface area contributed by atoms with Gasteiger partial charge in [-0.25, -0.2) is 0 Å². The zero-order valence-electron chi connectivity index (χ0n) is 14.9. The van der Waals surface area contributed by atoms with Crippen LogP contribution in [0, 0.1) is 0 Å². The van der Waals surface area contributed by atoms with Crippen molar-refractivity contribution < 1.29 is 27.8 Å². The Hall–Kier alpha value is -2.87. The number of phenols is 1. The molecule has 0 spiro atoms. The van der Waals surface area contributed by atoms with E-state index in [1.54, 1.807) is 24.3 Å². The largest absolute Gasteiger partial charge is 0.507 e. The summed E-state index contributed by atoms with van der Waals surface area (Å²) in [6, 6.07) is 11.3. The zero-order valence-corrected chi connectivity index (χ0v) is 15.7. The Morgan fingerprint density at radius 2 is 1.82 bits per heavy atom. The van der Waals surface area contributed by atoms with E-state index in [2.05, 4.69) is 5.10 Å². The molecule has 0 aliphatic rings. The van der Waals surface area contributed by atoms with E-state index in [1.807, 2.05) is 0 Å². The van der Waals surface area contributed by atoms with Crippen molar-refractivity contribution in [1.82, 2.24) is 9.78 Å². The molecule has 148 valence electrons. The van der Waals surface area contributed by atoms with E-state index < -0.39 is 17.6 Å². The molecule has 3 aromatic rings. The molecule has 0 aliphatic heterocycles. The third kappa shape index (κ3) is 4.01. The molecule has 5 nitrogen and oxygen atoms in total. The van der Waals surface area contributed by atoms with Gasteiger partial charge in [0.25, 0.3) is 0 Å². The van der Waals surface area contributed by atoms with Gasteiger partial charge < -0.3 is 14.6 Å². The number of nitrogens with zero attached hydrogens (tertiary/aromatic N) is 2. The quantitative estimate of drug-likeness (QED) is 0.637. The molecule has 1 N–H and O–H groups in total. The van der Waals surface area contributed by atoms with E-state index >= 15 is 0 Å². The SMILES string of the molecule is COc1c(-c2ccc(OCc3ccc(Cl)cc3)cc2O)nn(C)c1C(F)(F)F. The van der Waals surface area contributed by atoms with Crippen LogP contribution in [0.15, 0.2) is 42.5 Å². The smallest absolute Gasteiger partial charge is 0.436 e. The van der Waals surface area contributed by atoms with Crippen LogP contribution in [0.5, 0.6) is 17.2 Å². The third-order valence-electron chi connectivity index (χ3n) is 4.02. The Balaban J connectivity index is 1.88. The lowest BCUT2D eigenvalue weighted by atomic mass is 10.1. The normalized spacial score (nSPS) is 11.5. The highest BCUT2D eigenvalue weighted by Gasteiger charge is 2.40. The molecule has 0 fully saturated rings. The van der Waals surface area contributed by atoms with Gasteiger partial charge in [-0.05, 0) is 29.8 Å². The van der Waals surface area contributed by atoms with E-state index in [4.69, 9.17) is 21.1 Å². The minimum atomic E-state index is -4.65. The number of hydrogen-bond donors (Lipinski definition) is 1. The number of halogens is 4. The first-order valence-corrected chi connectivity index (χ1v) is 8.47. The molecule has 0 radical (unpaired) electrons. The number of phenolic OH excluding ortho intramolecular Hbond substituents is 1. The Kier molecular flexibility index (Phi) is 5.42. The maximum Gasteiger partial charge on any atom is 0.436 e. The van der Waals surface area contributed by atoms with Crippen molar-refractivity contribution in [2.75, 3.05) is 7.11 Å². The van der Waals surface area contributed by atoms with Gasteiger partial charge in [-0.3, -0.25) is 4.68 Å². The van der Waals surface area contributed by atoms with E-state index in [9.17, 15) is 18.3 Å². The van der Waals surface area contributed by atoms with Crippen LogP contribution < -0.4 is 9.47 Å². The summed E-state index contributed by atoms with van der Waals surface area (Å²) >= 11 is 5.83. The summed E-state index contributed by atoms with van der Waals surface area (Å²) in [5.74, 6) is -0.388. The third-order valence-corrected chi connectivity index (χ3v) is 4.27. The van der Waals surface area contributed by atoms with Crippen LogP contribution in [0.4, 0.5) is 13.2 Å².